The molecule has 15 heteroatoms. The molecule has 2 aromatic rings. The van der Waals surface area contributed by atoms with Crippen molar-refractivity contribution in [1.29, 1.82) is 0 Å². The Morgan fingerprint density at radius 2 is 1.33 bits per heavy atom. The van der Waals surface area contributed by atoms with Crippen LogP contribution in [-0.2, 0) is 52.5 Å². The van der Waals surface area contributed by atoms with Crippen molar-refractivity contribution in [2.75, 3.05) is 0 Å². The number of carbonyl (C=O) groups excluding carboxylic acids is 8. The molecule has 0 amide bonds. The molecule has 1 unspecified atom stereocenters. The van der Waals surface area contributed by atoms with Crippen LogP contribution >= 0.6 is 0 Å². The van der Waals surface area contributed by atoms with Crippen molar-refractivity contribution in [1.82, 2.24) is 9.97 Å². The summed E-state index contributed by atoms with van der Waals surface area (Å²) in [6.45, 7) is 14.1. The lowest BCUT2D eigenvalue weighted by Crippen LogP contribution is -2.57. The summed E-state index contributed by atoms with van der Waals surface area (Å²) >= 11 is 0. The fraction of sp³-hybridized carbons (Fsp3) is 0.476. The molecule has 0 bridgehead atoms. The van der Waals surface area contributed by atoms with E-state index in [2.05, 4.69) is 16.5 Å². The van der Waals surface area contributed by atoms with Crippen LogP contribution in [0.2, 0.25) is 0 Å². The van der Waals surface area contributed by atoms with Crippen molar-refractivity contribution in [3.05, 3.63) is 84.5 Å². The maximum atomic E-state index is 15.2. The van der Waals surface area contributed by atoms with Crippen molar-refractivity contribution >= 4 is 47.2 Å². The fourth-order valence-electron chi connectivity index (χ4n) is 8.23. The van der Waals surface area contributed by atoms with E-state index in [0.717, 1.165) is 34.6 Å². The van der Waals surface area contributed by atoms with Crippen LogP contribution in [0.1, 0.15) is 95.4 Å². The Hall–Kier alpha value is -5.86. The van der Waals surface area contributed by atoms with Crippen LogP contribution in [0, 0.1) is 23.2 Å². The number of carbonyl (C=O) groups is 8. The number of ether oxygens (including phenoxy) is 5. The smallest absolute Gasteiger partial charge is 0.303 e. The summed E-state index contributed by atoms with van der Waals surface area (Å²) < 4.78 is 29.7. The average molecular weight is 789 g/mol. The molecule has 0 spiro atoms. The quantitative estimate of drug-likeness (QED) is 0.146. The highest BCUT2D eigenvalue weighted by molar-refractivity contribution is 6.03. The van der Waals surface area contributed by atoms with Gasteiger partial charge in [0.2, 0.25) is 0 Å². The molecule has 2 aliphatic carbocycles. The highest BCUT2D eigenvalue weighted by atomic mass is 16.6. The first kappa shape index (κ1) is 43.9. The average Bonchev–Trinajstić information content (AvgIpc) is 3.37. The molecule has 9 atom stereocenters. The summed E-state index contributed by atoms with van der Waals surface area (Å²) in [4.78, 5) is 117. The lowest BCUT2D eigenvalue weighted by molar-refractivity contribution is -0.186. The van der Waals surface area contributed by atoms with Crippen LogP contribution in [0.5, 0.6) is 0 Å². The van der Waals surface area contributed by atoms with Crippen LogP contribution in [0.25, 0.3) is 0 Å². The summed E-state index contributed by atoms with van der Waals surface area (Å²) in [5.74, 6) is -10.5. The number of ketones is 3. The summed E-state index contributed by atoms with van der Waals surface area (Å²) in [7, 11) is 0. The first-order valence-electron chi connectivity index (χ1n) is 18.4. The summed E-state index contributed by atoms with van der Waals surface area (Å²) in [6.07, 6.45) is 2.37. The van der Waals surface area contributed by atoms with E-state index >= 15 is 4.79 Å². The fourth-order valence-corrected chi connectivity index (χ4v) is 8.23. The van der Waals surface area contributed by atoms with Gasteiger partial charge >= 0.3 is 29.8 Å². The van der Waals surface area contributed by atoms with Gasteiger partial charge in [-0.3, -0.25) is 48.3 Å². The minimum absolute atomic E-state index is 0.0755. The van der Waals surface area contributed by atoms with Crippen LogP contribution in [-0.4, -0.2) is 86.7 Å². The normalized spacial score (nSPS) is 30.8. The summed E-state index contributed by atoms with van der Waals surface area (Å²) in [5.41, 5.74) is -5.89. The number of rotatable bonds is 9. The Labute approximate surface area is 330 Å². The van der Waals surface area contributed by atoms with Gasteiger partial charge in [0.15, 0.2) is 23.0 Å². The molecule has 4 rings (SSSR count). The second-order valence-corrected chi connectivity index (χ2v) is 15.0. The number of fused-ring (bicyclic) bond motifs is 1. The van der Waals surface area contributed by atoms with Crippen molar-refractivity contribution in [3.63, 3.8) is 0 Å². The zero-order valence-electron chi connectivity index (χ0n) is 33.3. The maximum absolute atomic E-state index is 15.2. The van der Waals surface area contributed by atoms with Gasteiger partial charge in [0.05, 0.1) is 17.3 Å². The third-order valence-corrected chi connectivity index (χ3v) is 10.5. The lowest BCUT2D eigenvalue weighted by atomic mass is 9.73. The molecule has 0 N–H and O–H groups in total. The molecule has 2 aromatic heterocycles. The van der Waals surface area contributed by atoms with Crippen LogP contribution in [0.4, 0.5) is 0 Å². The number of Topliss-reactive ketones (excluding diaryl/α,β-unsaturated/α-hetero) is 3. The Kier molecular flexibility index (Phi) is 13.5. The number of aromatic nitrogens is 2. The van der Waals surface area contributed by atoms with Gasteiger partial charge in [0.1, 0.15) is 23.9 Å². The largest absolute Gasteiger partial charge is 0.461 e. The van der Waals surface area contributed by atoms with E-state index < -0.39 is 113 Å². The van der Waals surface area contributed by atoms with Crippen LogP contribution in [0.15, 0.2) is 73.4 Å². The molecule has 304 valence electrons. The number of hydrogen-bond donors (Lipinski definition) is 0. The Balaban J connectivity index is 2.13. The van der Waals surface area contributed by atoms with Gasteiger partial charge in [-0.1, -0.05) is 25.7 Å². The SMILES string of the molecule is C=C1[C@H](OC(C)=O)CC(C(=O)c2cccnc2)[C@](C)(OC(C)=O)C/C=C/[C@@H](C)C(=O)[C@@]2(OC(C)=O)C[C@@](C)(C(=O)c3cccnc3)[C@H](OC(C)=O)[C@@H]2[C@H]1OC(C)=O. The van der Waals surface area contributed by atoms with Gasteiger partial charge in [-0.2, -0.15) is 0 Å². The molecule has 2 aliphatic rings. The number of nitrogens with zero attached hydrogens (tertiary/aromatic N) is 2. The molecule has 0 aliphatic heterocycles. The van der Waals surface area contributed by atoms with E-state index in [4.69, 9.17) is 23.7 Å². The lowest BCUT2D eigenvalue weighted by Gasteiger charge is -2.42. The van der Waals surface area contributed by atoms with E-state index in [1.54, 1.807) is 0 Å². The van der Waals surface area contributed by atoms with Crippen LogP contribution < -0.4 is 0 Å². The second-order valence-electron chi connectivity index (χ2n) is 15.0. The molecule has 1 saturated carbocycles. The van der Waals surface area contributed by atoms with Gasteiger partial charge in [0, 0.05) is 101 Å². The Morgan fingerprint density at radius 3 is 1.84 bits per heavy atom. The predicted octanol–water partition coefficient (Wildman–Crippen LogP) is 4.71. The van der Waals surface area contributed by atoms with E-state index in [-0.39, 0.29) is 23.1 Å². The van der Waals surface area contributed by atoms with Crippen molar-refractivity contribution in [3.8, 4) is 0 Å². The number of hydrogen-bond acceptors (Lipinski definition) is 15. The third kappa shape index (κ3) is 9.41. The molecule has 0 radical (unpaired) electrons. The second kappa shape index (κ2) is 17.5. The maximum Gasteiger partial charge on any atom is 0.303 e. The minimum atomic E-state index is -2.37. The van der Waals surface area contributed by atoms with E-state index in [0.29, 0.717) is 0 Å². The van der Waals surface area contributed by atoms with Gasteiger partial charge in [-0.15, -0.1) is 0 Å². The predicted molar refractivity (Wildman–Crippen MR) is 200 cm³/mol. The standard InChI is InChI=1S/C42H48N2O13/c1-23-13-10-16-41(9,56-28(6)48)32(35(50)30-14-11-17-43-20-30)19-33(53-25(3)45)24(2)36(54-26(4)46)34-39(55-27(5)47)40(8,38(52)31-15-12-18-44-21-31)22-42(34,37(23)51)57-29(7)49/h10-15,17-18,20-21,23,32-34,36,39H,2,16,19,22H2,1,3-9H3/b13-10+/t23-,32?,33-,34+,36+,39-,40+,41-,42-/m1/s1. The topological polar surface area (TPSA) is 208 Å². The number of pyridine rings is 2. The summed E-state index contributed by atoms with van der Waals surface area (Å²) in [6, 6.07) is 6.04. The first-order valence-corrected chi connectivity index (χ1v) is 18.4. The van der Waals surface area contributed by atoms with Gasteiger partial charge in [0.25, 0.3) is 0 Å². The van der Waals surface area contributed by atoms with E-state index in [9.17, 15) is 33.6 Å². The molecular weight excluding hydrogens is 740 g/mol. The molecule has 15 nitrogen and oxygen atoms in total. The molecule has 57 heavy (non-hydrogen) atoms. The highest BCUT2D eigenvalue weighted by Crippen LogP contribution is 2.57. The number of esters is 5. The molecule has 0 saturated heterocycles. The zero-order chi connectivity index (χ0) is 42.5. The van der Waals surface area contributed by atoms with Gasteiger partial charge < -0.3 is 23.7 Å². The van der Waals surface area contributed by atoms with Crippen LogP contribution in [0.3, 0.4) is 0 Å². The highest BCUT2D eigenvalue weighted by Gasteiger charge is 2.72. The Bertz CT molecular complexity index is 1960. The molecule has 0 aromatic carbocycles. The number of allylic oxidation sites excluding steroid dienone is 1. The zero-order valence-corrected chi connectivity index (χ0v) is 33.3. The van der Waals surface area contributed by atoms with Crippen molar-refractivity contribution in [2.45, 2.75) is 104 Å². The van der Waals surface area contributed by atoms with Crippen molar-refractivity contribution < 1.29 is 62.0 Å². The Morgan fingerprint density at radius 1 is 0.772 bits per heavy atom. The molecule has 2 heterocycles. The first-order chi connectivity index (χ1) is 26.7. The van der Waals surface area contributed by atoms with Crippen molar-refractivity contribution in [2.24, 2.45) is 23.2 Å². The molecular formula is C42H48N2O13. The minimum Gasteiger partial charge on any atom is -0.461 e. The molecule has 1 fully saturated rings. The van der Waals surface area contributed by atoms with E-state index in [1.807, 2.05) is 0 Å². The van der Waals surface area contributed by atoms with Gasteiger partial charge in [-0.25, -0.2) is 0 Å². The third-order valence-electron chi connectivity index (χ3n) is 10.5. The monoisotopic (exact) mass is 788 g/mol. The summed E-state index contributed by atoms with van der Waals surface area (Å²) in [5, 5.41) is 0. The van der Waals surface area contributed by atoms with Gasteiger partial charge in [-0.05, 0) is 38.1 Å². The van der Waals surface area contributed by atoms with E-state index in [1.165, 1.54) is 82.0 Å².